The van der Waals surface area contributed by atoms with Crippen LogP contribution in [-0.2, 0) is 4.79 Å². The van der Waals surface area contributed by atoms with Crippen molar-refractivity contribution in [3.05, 3.63) is 12.7 Å². The number of amides is 1. The zero-order chi connectivity index (χ0) is 11.5. The lowest BCUT2D eigenvalue weighted by Crippen LogP contribution is -2.64. The number of carbonyl (C=O) groups is 1. The molecule has 1 fully saturated rings. The van der Waals surface area contributed by atoms with Gasteiger partial charge in [0.25, 0.3) is 0 Å². The van der Waals surface area contributed by atoms with Crippen LogP contribution in [0.4, 0.5) is 0 Å². The molecule has 1 atom stereocenters. The largest absolute Gasteiger partial charge is 0.349 e. The highest BCUT2D eigenvalue weighted by molar-refractivity contribution is 5.83. The van der Waals surface area contributed by atoms with Gasteiger partial charge in [-0.05, 0) is 26.8 Å². The molecule has 1 heterocycles. The van der Waals surface area contributed by atoms with Gasteiger partial charge in [-0.2, -0.15) is 0 Å². The van der Waals surface area contributed by atoms with E-state index in [2.05, 4.69) is 16.8 Å². The van der Waals surface area contributed by atoms with Gasteiger partial charge in [0.2, 0.25) is 5.91 Å². The Hall–Kier alpha value is -0.870. The number of nitrogens with two attached hydrogens (primary N) is 1. The van der Waals surface area contributed by atoms with Crippen LogP contribution >= 0.6 is 0 Å². The summed E-state index contributed by atoms with van der Waals surface area (Å²) in [6, 6.07) is -0.0963. The van der Waals surface area contributed by atoms with Crippen molar-refractivity contribution in [2.75, 3.05) is 19.6 Å². The molecule has 0 aliphatic carbocycles. The fraction of sp³-hybridized carbons (Fsp3) is 0.727. The van der Waals surface area contributed by atoms with Crippen molar-refractivity contribution in [1.29, 1.82) is 0 Å². The van der Waals surface area contributed by atoms with Gasteiger partial charge in [-0.15, -0.1) is 6.58 Å². The number of hydrogen-bond donors (Lipinski definition) is 2. The normalized spacial score (nSPS) is 26.1. The number of piperazine rings is 1. The zero-order valence-electron chi connectivity index (χ0n) is 9.62. The predicted molar refractivity (Wildman–Crippen MR) is 61.5 cm³/mol. The topological polar surface area (TPSA) is 58.4 Å². The molecule has 1 rings (SSSR count). The Morgan fingerprint density at radius 1 is 1.73 bits per heavy atom. The summed E-state index contributed by atoms with van der Waals surface area (Å²) in [5, 5.41) is 3.01. The Morgan fingerprint density at radius 3 is 2.93 bits per heavy atom. The van der Waals surface area contributed by atoms with Crippen LogP contribution in [0.1, 0.15) is 20.3 Å². The Kier molecular flexibility index (Phi) is 3.88. The standard InChI is InChI=1S/C11H21N3O/c1-4-7-14-8-11(2,3)13-10(15)9(14)5-6-12/h4,9H,1,5-8,12H2,2-3H3,(H,13,15). The van der Waals surface area contributed by atoms with Crippen LogP contribution in [0.3, 0.4) is 0 Å². The SMILES string of the molecule is C=CCN1CC(C)(C)NC(=O)C1CCN. The first-order chi connectivity index (χ1) is 7.00. The lowest BCUT2D eigenvalue weighted by atomic mass is 9.96. The van der Waals surface area contributed by atoms with Gasteiger partial charge < -0.3 is 11.1 Å². The third-order valence-corrected chi connectivity index (χ3v) is 2.61. The summed E-state index contributed by atoms with van der Waals surface area (Å²) in [5.41, 5.74) is 5.35. The first kappa shape index (κ1) is 12.2. The Bertz CT molecular complexity index is 250. The average Bonchev–Trinajstić information content (AvgIpc) is 2.10. The Labute approximate surface area is 91.5 Å². The molecular weight excluding hydrogens is 190 g/mol. The number of hydrogen-bond acceptors (Lipinski definition) is 3. The van der Waals surface area contributed by atoms with Crippen molar-refractivity contribution < 1.29 is 4.79 Å². The molecule has 1 saturated heterocycles. The molecule has 1 unspecified atom stereocenters. The maximum Gasteiger partial charge on any atom is 0.237 e. The van der Waals surface area contributed by atoms with Crippen molar-refractivity contribution in [1.82, 2.24) is 10.2 Å². The van der Waals surface area contributed by atoms with Crippen LogP contribution in [0.5, 0.6) is 0 Å². The summed E-state index contributed by atoms with van der Waals surface area (Å²) in [6.45, 7) is 9.89. The minimum Gasteiger partial charge on any atom is -0.349 e. The smallest absolute Gasteiger partial charge is 0.237 e. The van der Waals surface area contributed by atoms with Crippen molar-refractivity contribution in [3.8, 4) is 0 Å². The molecule has 1 aliphatic heterocycles. The van der Waals surface area contributed by atoms with Gasteiger partial charge in [0.05, 0.1) is 6.04 Å². The minimum absolute atomic E-state index is 0.0820. The van der Waals surface area contributed by atoms with Crippen LogP contribution < -0.4 is 11.1 Å². The second kappa shape index (κ2) is 4.77. The highest BCUT2D eigenvalue weighted by atomic mass is 16.2. The third-order valence-electron chi connectivity index (χ3n) is 2.61. The van der Waals surface area contributed by atoms with E-state index in [1.54, 1.807) is 0 Å². The number of carbonyl (C=O) groups excluding carboxylic acids is 1. The van der Waals surface area contributed by atoms with Crippen molar-refractivity contribution in [3.63, 3.8) is 0 Å². The molecule has 15 heavy (non-hydrogen) atoms. The maximum atomic E-state index is 11.8. The van der Waals surface area contributed by atoms with E-state index in [0.29, 0.717) is 13.0 Å². The molecule has 0 radical (unpaired) electrons. The molecule has 86 valence electrons. The number of nitrogens with zero attached hydrogens (tertiary/aromatic N) is 1. The molecule has 0 aromatic rings. The van der Waals surface area contributed by atoms with Gasteiger partial charge >= 0.3 is 0 Å². The quantitative estimate of drug-likeness (QED) is 0.648. The molecule has 0 aromatic carbocycles. The summed E-state index contributed by atoms with van der Waals surface area (Å²) in [6.07, 6.45) is 2.54. The van der Waals surface area contributed by atoms with Gasteiger partial charge in [-0.1, -0.05) is 6.08 Å². The molecular formula is C11H21N3O. The number of nitrogens with one attached hydrogen (secondary N) is 1. The van der Waals surface area contributed by atoms with Crippen LogP contribution in [0.2, 0.25) is 0 Å². The van der Waals surface area contributed by atoms with E-state index in [1.165, 1.54) is 0 Å². The van der Waals surface area contributed by atoms with Crippen LogP contribution in [0, 0.1) is 0 Å². The first-order valence-corrected chi connectivity index (χ1v) is 5.37. The van der Waals surface area contributed by atoms with E-state index in [0.717, 1.165) is 13.1 Å². The van der Waals surface area contributed by atoms with E-state index >= 15 is 0 Å². The fourth-order valence-corrected chi connectivity index (χ4v) is 2.07. The summed E-state index contributed by atoms with van der Waals surface area (Å²) < 4.78 is 0. The highest BCUT2D eigenvalue weighted by Crippen LogP contribution is 2.17. The first-order valence-electron chi connectivity index (χ1n) is 5.37. The van der Waals surface area contributed by atoms with Gasteiger partial charge in [-0.3, -0.25) is 9.69 Å². The summed E-state index contributed by atoms with van der Waals surface area (Å²) >= 11 is 0. The van der Waals surface area contributed by atoms with E-state index in [-0.39, 0.29) is 17.5 Å². The molecule has 4 heteroatoms. The zero-order valence-corrected chi connectivity index (χ0v) is 9.62. The second-order valence-electron chi connectivity index (χ2n) is 4.68. The number of rotatable bonds is 4. The monoisotopic (exact) mass is 211 g/mol. The molecule has 4 nitrogen and oxygen atoms in total. The summed E-state index contributed by atoms with van der Waals surface area (Å²) in [5.74, 6) is 0.0820. The van der Waals surface area contributed by atoms with Gasteiger partial charge in [0.15, 0.2) is 0 Å². The second-order valence-corrected chi connectivity index (χ2v) is 4.68. The molecule has 0 aromatic heterocycles. The molecule has 1 amide bonds. The van der Waals surface area contributed by atoms with E-state index in [9.17, 15) is 4.79 Å². The van der Waals surface area contributed by atoms with Crippen molar-refractivity contribution in [2.24, 2.45) is 5.73 Å². The van der Waals surface area contributed by atoms with Crippen molar-refractivity contribution in [2.45, 2.75) is 31.8 Å². The van der Waals surface area contributed by atoms with Crippen LogP contribution in [0.15, 0.2) is 12.7 Å². The van der Waals surface area contributed by atoms with Gasteiger partial charge in [0, 0.05) is 18.6 Å². The Balaban J connectivity index is 2.75. The van der Waals surface area contributed by atoms with E-state index in [4.69, 9.17) is 5.73 Å². The predicted octanol–water partition coefficient (Wildman–Crippen LogP) is 0.100. The van der Waals surface area contributed by atoms with Crippen LogP contribution in [0.25, 0.3) is 0 Å². The maximum absolute atomic E-state index is 11.8. The average molecular weight is 211 g/mol. The van der Waals surface area contributed by atoms with Crippen molar-refractivity contribution >= 4 is 5.91 Å². The van der Waals surface area contributed by atoms with Gasteiger partial charge in [0.1, 0.15) is 0 Å². The Morgan fingerprint density at radius 2 is 2.40 bits per heavy atom. The molecule has 0 saturated carbocycles. The highest BCUT2D eigenvalue weighted by Gasteiger charge is 2.37. The molecule has 0 bridgehead atoms. The van der Waals surface area contributed by atoms with Gasteiger partial charge in [-0.25, -0.2) is 0 Å². The molecule has 1 aliphatic rings. The van der Waals surface area contributed by atoms with Crippen LogP contribution in [-0.4, -0.2) is 42.0 Å². The van der Waals surface area contributed by atoms with E-state index < -0.39 is 0 Å². The molecule has 3 N–H and O–H groups in total. The fourth-order valence-electron chi connectivity index (χ4n) is 2.07. The molecule has 0 spiro atoms. The third kappa shape index (κ3) is 3.04. The lowest BCUT2D eigenvalue weighted by Gasteiger charge is -2.43. The summed E-state index contributed by atoms with van der Waals surface area (Å²) in [7, 11) is 0. The lowest BCUT2D eigenvalue weighted by molar-refractivity contribution is -0.132. The minimum atomic E-state index is -0.162. The summed E-state index contributed by atoms with van der Waals surface area (Å²) in [4.78, 5) is 14.0. The van der Waals surface area contributed by atoms with E-state index in [1.807, 2.05) is 19.9 Å².